The standard InChI is InChI=1S/C36H22BNO3/c1-2-10-24(11-3-1)38-28-14-5-7-17-32(28)41-36-25(12-8-15-29(36)38)23-20-21-31-27(22-23)37-26-13-4-6-16-30(26)39-33-18-9-19-34(40-31)35(33)37/h1-22H. The third kappa shape index (κ3) is 3.29. The molecule has 0 aromatic heterocycles. The largest absolute Gasteiger partial charge is 0.458 e. The Bertz CT molecular complexity index is 1990. The Morgan fingerprint density at radius 3 is 1.98 bits per heavy atom. The average Bonchev–Trinajstić information content (AvgIpc) is 3.03. The SMILES string of the molecule is c1ccc(N2c3ccccc3Oc3c(-c4ccc5c(c4)B4c6ccccc6Oc6cccc(c64)O5)cccc32)cc1. The lowest BCUT2D eigenvalue weighted by atomic mass is 9.35. The van der Waals surface area contributed by atoms with Crippen molar-refractivity contribution in [2.24, 2.45) is 0 Å². The zero-order valence-electron chi connectivity index (χ0n) is 22.0. The Balaban J connectivity index is 1.24. The second-order valence-corrected chi connectivity index (χ2v) is 10.5. The molecule has 0 atom stereocenters. The van der Waals surface area contributed by atoms with Crippen molar-refractivity contribution < 1.29 is 14.2 Å². The first-order valence-corrected chi connectivity index (χ1v) is 13.8. The van der Waals surface area contributed by atoms with Gasteiger partial charge in [0.1, 0.15) is 23.0 Å². The average molecular weight is 527 g/mol. The summed E-state index contributed by atoms with van der Waals surface area (Å²) in [6.07, 6.45) is 0. The van der Waals surface area contributed by atoms with Crippen LogP contribution < -0.4 is 35.5 Å². The minimum absolute atomic E-state index is 0.0110. The Labute approximate surface area is 238 Å². The van der Waals surface area contributed by atoms with Gasteiger partial charge in [-0.2, -0.15) is 0 Å². The summed E-state index contributed by atoms with van der Waals surface area (Å²) in [5, 5.41) is 0. The lowest BCUT2D eigenvalue weighted by Crippen LogP contribution is -2.57. The van der Waals surface area contributed by atoms with Crippen LogP contribution in [0.3, 0.4) is 0 Å². The van der Waals surface area contributed by atoms with Crippen molar-refractivity contribution >= 4 is 40.2 Å². The van der Waals surface area contributed by atoms with Crippen molar-refractivity contribution in [3.05, 3.63) is 133 Å². The summed E-state index contributed by atoms with van der Waals surface area (Å²) in [7, 11) is 0. The van der Waals surface area contributed by atoms with Crippen LogP contribution in [0.5, 0.6) is 34.5 Å². The number of hydrogen-bond donors (Lipinski definition) is 0. The van der Waals surface area contributed by atoms with Crippen LogP contribution in [-0.2, 0) is 0 Å². The fraction of sp³-hybridized carbons (Fsp3) is 0. The quantitative estimate of drug-likeness (QED) is 0.216. The third-order valence-electron chi connectivity index (χ3n) is 8.18. The van der Waals surface area contributed by atoms with E-state index in [0.717, 1.165) is 79.1 Å². The van der Waals surface area contributed by atoms with Crippen molar-refractivity contribution in [2.45, 2.75) is 0 Å². The predicted molar refractivity (Wildman–Crippen MR) is 164 cm³/mol. The van der Waals surface area contributed by atoms with Gasteiger partial charge in [0, 0.05) is 16.7 Å². The minimum Gasteiger partial charge on any atom is -0.458 e. The molecule has 0 aliphatic carbocycles. The van der Waals surface area contributed by atoms with Crippen LogP contribution in [-0.4, -0.2) is 6.71 Å². The highest BCUT2D eigenvalue weighted by molar-refractivity contribution is 6.98. The molecule has 0 N–H and O–H groups in total. The van der Waals surface area contributed by atoms with E-state index < -0.39 is 0 Å². The van der Waals surface area contributed by atoms with Gasteiger partial charge in [0.15, 0.2) is 11.5 Å². The summed E-state index contributed by atoms with van der Waals surface area (Å²) in [6, 6.07) is 45.8. The summed E-state index contributed by atoms with van der Waals surface area (Å²) in [4.78, 5) is 2.27. The molecule has 0 spiro atoms. The molecule has 0 amide bonds. The number of fused-ring (bicyclic) bond motifs is 6. The molecule has 3 aliphatic rings. The van der Waals surface area contributed by atoms with E-state index in [-0.39, 0.29) is 6.71 Å². The molecule has 3 aliphatic heterocycles. The summed E-state index contributed by atoms with van der Waals surface area (Å²) >= 11 is 0. The fourth-order valence-corrected chi connectivity index (χ4v) is 6.41. The molecule has 0 fully saturated rings. The normalized spacial score (nSPS) is 13.4. The molecule has 0 saturated carbocycles. The Hall–Kier alpha value is -5.42. The first-order chi connectivity index (χ1) is 20.3. The van der Waals surface area contributed by atoms with Gasteiger partial charge in [0.25, 0.3) is 6.71 Å². The van der Waals surface area contributed by atoms with Gasteiger partial charge in [-0.05, 0) is 71.1 Å². The smallest absolute Gasteiger partial charge is 0.260 e. The Morgan fingerprint density at radius 2 is 1.12 bits per heavy atom. The van der Waals surface area contributed by atoms with Crippen LogP contribution in [0.1, 0.15) is 0 Å². The number of nitrogens with zero attached hydrogens (tertiary/aromatic N) is 1. The number of rotatable bonds is 2. The van der Waals surface area contributed by atoms with Crippen LogP contribution in [0.4, 0.5) is 17.1 Å². The van der Waals surface area contributed by atoms with Gasteiger partial charge in [0.2, 0.25) is 0 Å². The first kappa shape index (κ1) is 22.4. The summed E-state index contributed by atoms with van der Waals surface area (Å²) in [5.74, 6) is 5.10. The van der Waals surface area contributed by atoms with Crippen LogP contribution in [0, 0.1) is 0 Å². The molecule has 9 rings (SSSR count). The molecule has 0 radical (unpaired) electrons. The summed E-state index contributed by atoms with van der Waals surface area (Å²) in [5.41, 5.74) is 8.55. The maximum Gasteiger partial charge on any atom is 0.260 e. The molecule has 4 nitrogen and oxygen atoms in total. The van der Waals surface area contributed by atoms with E-state index in [9.17, 15) is 0 Å². The predicted octanol–water partition coefficient (Wildman–Crippen LogP) is 7.66. The zero-order valence-corrected chi connectivity index (χ0v) is 22.0. The molecule has 0 unspecified atom stereocenters. The van der Waals surface area contributed by atoms with E-state index in [4.69, 9.17) is 14.2 Å². The van der Waals surface area contributed by atoms with Crippen LogP contribution in [0.15, 0.2) is 133 Å². The van der Waals surface area contributed by atoms with E-state index in [1.165, 1.54) is 0 Å². The molecule has 6 aromatic rings. The highest BCUT2D eigenvalue weighted by atomic mass is 16.5. The topological polar surface area (TPSA) is 30.9 Å². The number of hydrogen-bond acceptors (Lipinski definition) is 4. The maximum absolute atomic E-state index is 6.66. The zero-order chi connectivity index (χ0) is 26.9. The summed E-state index contributed by atoms with van der Waals surface area (Å²) < 4.78 is 19.4. The molecule has 5 heteroatoms. The van der Waals surface area contributed by atoms with Crippen molar-refractivity contribution in [3.63, 3.8) is 0 Å². The maximum atomic E-state index is 6.66. The van der Waals surface area contributed by atoms with Crippen molar-refractivity contribution in [3.8, 4) is 45.6 Å². The Morgan fingerprint density at radius 1 is 0.463 bits per heavy atom. The molecular formula is C36H22BNO3. The lowest BCUT2D eigenvalue weighted by molar-refractivity contribution is 0.464. The monoisotopic (exact) mass is 527 g/mol. The molecule has 3 heterocycles. The molecule has 0 bridgehead atoms. The van der Waals surface area contributed by atoms with E-state index >= 15 is 0 Å². The van der Waals surface area contributed by atoms with Crippen molar-refractivity contribution in [1.82, 2.24) is 0 Å². The number of anilines is 3. The number of ether oxygens (including phenoxy) is 3. The Kier molecular flexibility index (Phi) is 4.67. The lowest BCUT2D eigenvalue weighted by Gasteiger charge is -2.34. The molecular weight excluding hydrogens is 505 g/mol. The highest BCUT2D eigenvalue weighted by Gasteiger charge is 2.40. The fourth-order valence-electron chi connectivity index (χ4n) is 6.41. The number of para-hydroxylation sites is 5. The third-order valence-corrected chi connectivity index (χ3v) is 8.18. The van der Waals surface area contributed by atoms with Crippen molar-refractivity contribution in [1.29, 1.82) is 0 Å². The highest BCUT2D eigenvalue weighted by Crippen LogP contribution is 2.53. The van der Waals surface area contributed by atoms with Crippen LogP contribution in [0.25, 0.3) is 11.1 Å². The van der Waals surface area contributed by atoms with Gasteiger partial charge in [-0.1, -0.05) is 78.9 Å². The van der Waals surface area contributed by atoms with Crippen LogP contribution in [0.2, 0.25) is 0 Å². The van der Waals surface area contributed by atoms with Gasteiger partial charge < -0.3 is 19.1 Å². The molecule has 192 valence electrons. The minimum atomic E-state index is 0.0110. The molecule has 41 heavy (non-hydrogen) atoms. The van der Waals surface area contributed by atoms with E-state index in [1.54, 1.807) is 0 Å². The second kappa shape index (κ2) is 8.54. The summed E-state index contributed by atoms with van der Waals surface area (Å²) in [6.45, 7) is 0.0110. The van der Waals surface area contributed by atoms with E-state index in [2.05, 4.69) is 83.8 Å². The van der Waals surface area contributed by atoms with Gasteiger partial charge in [-0.15, -0.1) is 0 Å². The molecule has 6 aromatic carbocycles. The van der Waals surface area contributed by atoms with Gasteiger partial charge in [0.05, 0.1) is 11.4 Å². The molecule has 0 saturated heterocycles. The van der Waals surface area contributed by atoms with Gasteiger partial charge in [-0.3, -0.25) is 0 Å². The van der Waals surface area contributed by atoms with E-state index in [1.807, 2.05) is 54.6 Å². The van der Waals surface area contributed by atoms with Gasteiger partial charge in [-0.25, -0.2) is 0 Å². The first-order valence-electron chi connectivity index (χ1n) is 13.8. The van der Waals surface area contributed by atoms with E-state index in [0.29, 0.717) is 0 Å². The van der Waals surface area contributed by atoms with Crippen LogP contribution >= 0.6 is 0 Å². The van der Waals surface area contributed by atoms with Gasteiger partial charge >= 0.3 is 0 Å². The van der Waals surface area contributed by atoms with Crippen molar-refractivity contribution in [2.75, 3.05) is 4.90 Å². The number of benzene rings is 6. The second-order valence-electron chi connectivity index (χ2n) is 10.5.